The molecule has 4 rings (SSSR count). The molecular formula is C22H18ClF2N5O2S. The Kier molecular flexibility index (Phi) is 6.50. The number of carbonyl (C=O) groups is 1. The first-order valence-corrected chi connectivity index (χ1v) is 11.0. The molecular weight excluding hydrogens is 472 g/mol. The first-order chi connectivity index (χ1) is 15.8. The Morgan fingerprint density at radius 2 is 2.03 bits per heavy atom. The number of hydrogen-bond acceptors (Lipinski definition) is 6. The summed E-state index contributed by atoms with van der Waals surface area (Å²) < 4.78 is 29.4. The number of benzene rings is 2. The Morgan fingerprint density at radius 3 is 2.70 bits per heavy atom. The summed E-state index contributed by atoms with van der Waals surface area (Å²) in [5.41, 5.74) is -1.21. The molecule has 0 aliphatic heterocycles. The number of rotatable bonds is 7. The minimum Gasteiger partial charge on any atom is -0.381 e. The van der Waals surface area contributed by atoms with E-state index in [0.717, 1.165) is 17.7 Å². The van der Waals surface area contributed by atoms with Crippen LogP contribution >= 0.6 is 22.9 Å². The van der Waals surface area contributed by atoms with E-state index in [0.29, 0.717) is 16.1 Å². The highest BCUT2D eigenvalue weighted by molar-refractivity contribution is 7.13. The van der Waals surface area contributed by atoms with Crippen molar-refractivity contribution in [1.82, 2.24) is 25.1 Å². The molecule has 0 bridgehead atoms. The first-order valence-electron chi connectivity index (χ1n) is 9.79. The third-order valence-corrected chi connectivity index (χ3v) is 6.30. The SMILES string of the molecule is CC(NC(=O)c1csc(-c2ccc(Cl)cc2)n1)C(O)(Cn1cncn1)c1ccc(F)cc1F. The summed E-state index contributed by atoms with van der Waals surface area (Å²) in [6.07, 6.45) is 2.61. The molecule has 2 unspecified atom stereocenters. The Hall–Kier alpha value is -3.21. The first kappa shape index (κ1) is 23.0. The average molecular weight is 490 g/mol. The molecule has 0 saturated heterocycles. The second kappa shape index (κ2) is 9.34. The van der Waals surface area contributed by atoms with E-state index in [2.05, 4.69) is 20.4 Å². The van der Waals surface area contributed by atoms with Crippen molar-refractivity contribution in [2.24, 2.45) is 0 Å². The maximum Gasteiger partial charge on any atom is 0.271 e. The van der Waals surface area contributed by atoms with Crippen LogP contribution in [0.25, 0.3) is 10.6 Å². The molecule has 7 nitrogen and oxygen atoms in total. The van der Waals surface area contributed by atoms with Crippen molar-refractivity contribution in [2.75, 3.05) is 0 Å². The molecule has 11 heteroatoms. The van der Waals surface area contributed by atoms with Gasteiger partial charge in [-0.1, -0.05) is 29.8 Å². The second-order valence-electron chi connectivity index (χ2n) is 7.38. The summed E-state index contributed by atoms with van der Waals surface area (Å²) in [5, 5.41) is 20.9. The second-order valence-corrected chi connectivity index (χ2v) is 8.68. The van der Waals surface area contributed by atoms with E-state index < -0.39 is 29.2 Å². The van der Waals surface area contributed by atoms with Crippen LogP contribution in [0.15, 0.2) is 60.5 Å². The van der Waals surface area contributed by atoms with Crippen LogP contribution in [0.3, 0.4) is 0 Å². The van der Waals surface area contributed by atoms with Gasteiger partial charge in [0.25, 0.3) is 5.91 Å². The third-order valence-electron chi connectivity index (χ3n) is 5.16. The lowest BCUT2D eigenvalue weighted by atomic mass is 9.86. The predicted octanol–water partition coefficient (Wildman–Crippen LogP) is 4.04. The zero-order valence-electron chi connectivity index (χ0n) is 17.2. The Labute approximate surface area is 196 Å². The van der Waals surface area contributed by atoms with Crippen molar-refractivity contribution in [1.29, 1.82) is 0 Å². The van der Waals surface area contributed by atoms with Gasteiger partial charge in [-0.05, 0) is 25.1 Å². The summed E-state index contributed by atoms with van der Waals surface area (Å²) in [4.78, 5) is 21.1. The van der Waals surface area contributed by atoms with Gasteiger partial charge in [0.05, 0.1) is 12.6 Å². The fourth-order valence-corrected chi connectivity index (χ4v) is 4.28. The summed E-state index contributed by atoms with van der Waals surface area (Å²) in [6.45, 7) is 1.29. The van der Waals surface area contributed by atoms with E-state index in [1.54, 1.807) is 29.6 Å². The van der Waals surface area contributed by atoms with Crippen molar-refractivity contribution in [3.8, 4) is 10.6 Å². The smallest absolute Gasteiger partial charge is 0.271 e. The topological polar surface area (TPSA) is 92.9 Å². The Morgan fingerprint density at radius 1 is 1.27 bits per heavy atom. The average Bonchev–Trinajstić information content (AvgIpc) is 3.46. The molecule has 2 N–H and O–H groups in total. The molecule has 2 aromatic heterocycles. The fraction of sp³-hybridized carbons (Fsp3) is 0.182. The Balaban J connectivity index is 1.59. The van der Waals surface area contributed by atoms with Gasteiger partial charge in [0.15, 0.2) is 0 Å². The van der Waals surface area contributed by atoms with Crippen LogP contribution in [-0.2, 0) is 12.1 Å². The molecule has 0 spiro atoms. The van der Waals surface area contributed by atoms with Gasteiger partial charge in [0, 0.05) is 27.6 Å². The van der Waals surface area contributed by atoms with Gasteiger partial charge in [0.1, 0.15) is 40.6 Å². The zero-order valence-corrected chi connectivity index (χ0v) is 18.8. The van der Waals surface area contributed by atoms with Gasteiger partial charge in [-0.25, -0.2) is 23.4 Å². The summed E-state index contributed by atoms with van der Waals surface area (Å²) >= 11 is 7.19. The molecule has 2 heterocycles. The molecule has 0 aliphatic rings. The van der Waals surface area contributed by atoms with Crippen LogP contribution in [-0.4, -0.2) is 36.8 Å². The number of aromatic nitrogens is 4. The van der Waals surface area contributed by atoms with Crippen LogP contribution in [0.1, 0.15) is 23.0 Å². The lowest BCUT2D eigenvalue weighted by Gasteiger charge is -2.35. The molecule has 0 radical (unpaired) electrons. The fourth-order valence-electron chi connectivity index (χ4n) is 3.35. The Bertz CT molecular complexity index is 1270. The highest BCUT2D eigenvalue weighted by Crippen LogP contribution is 2.31. The van der Waals surface area contributed by atoms with Gasteiger partial charge in [-0.3, -0.25) is 4.79 Å². The minimum atomic E-state index is -1.96. The summed E-state index contributed by atoms with van der Waals surface area (Å²) in [7, 11) is 0. The molecule has 2 atom stereocenters. The van der Waals surface area contributed by atoms with Crippen LogP contribution in [0.2, 0.25) is 5.02 Å². The molecule has 33 heavy (non-hydrogen) atoms. The molecule has 0 aliphatic carbocycles. The van der Waals surface area contributed by atoms with Crippen molar-refractivity contribution < 1.29 is 18.7 Å². The van der Waals surface area contributed by atoms with E-state index in [4.69, 9.17) is 11.6 Å². The largest absolute Gasteiger partial charge is 0.381 e. The molecule has 0 fully saturated rings. The number of thiazole rings is 1. The van der Waals surface area contributed by atoms with Gasteiger partial charge >= 0.3 is 0 Å². The molecule has 170 valence electrons. The van der Waals surface area contributed by atoms with E-state index in [1.807, 2.05) is 0 Å². The van der Waals surface area contributed by atoms with E-state index in [9.17, 15) is 18.7 Å². The van der Waals surface area contributed by atoms with E-state index in [1.165, 1.54) is 35.6 Å². The van der Waals surface area contributed by atoms with Crippen molar-refractivity contribution in [3.05, 3.63) is 88.4 Å². The van der Waals surface area contributed by atoms with Crippen LogP contribution < -0.4 is 5.32 Å². The lowest BCUT2D eigenvalue weighted by Crippen LogP contribution is -2.52. The van der Waals surface area contributed by atoms with Crippen LogP contribution in [0.4, 0.5) is 8.78 Å². The van der Waals surface area contributed by atoms with Crippen LogP contribution in [0, 0.1) is 11.6 Å². The quantitative estimate of drug-likeness (QED) is 0.409. The summed E-state index contributed by atoms with van der Waals surface area (Å²) in [5.74, 6) is -2.29. The number of nitrogens with zero attached hydrogens (tertiary/aromatic N) is 4. The van der Waals surface area contributed by atoms with Gasteiger partial charge in [-0.2, -0.15) is 5.10 Å². The molecule has 2 aromatic carbocycles. The summed E-state index contributed by atoms with van der Waals surface area (Å²) in [6, 6.07) is 8.89. The van der Waals surface area contributed by atoms with Crippen molar-refractivity contribution >= 4 is 28.8 Å². The number of amides is 1. The number of hydrogen-bond donors (Lipinski definition) is 2. The van der Waals surface area contributed by atoms with E-state index >= 15 is 0 Å². The maximum absolute atomic E-state index is 14.6. The van der Waals surface area contributed by atoms with Crippen molar-refractivity contribution in [2.45, 2.75) is 25.1 Å². The van der Waals surface area contributed by atoms with Gasteiger partial charge in [-0.15, -0.1) is 11.3 Å². The predicted molar refractivity (Wildman–Crippen MR) is 120 cm³/mol. The van der Waals surface area contributed by atoms with Crippen LogP contribution in [0.5, 0.6) is 0 Å². The lowest BCUT2D eigenvalue weighted by molar-refractivity contribution is -0.0186. The number of carbonyl (C=O) groups excluding carboxylic acids is 1. The van der Waals surface area contributed by atoms with Gasteiger partial charge in [0.2, 0.25) is 0 Å². The van der Waals surface area contributed by atoms with E-state index in [-0.39, 0.29) is 17.8 Å². The highest BCUT2D eigenvalue weighted by Gasteiger charge is 2.40. The number of nitrogens with one attached hydrogen (secondary N) is 1. The zero-order chi connectivity index (χ0) is 23.6. The minimum absolute atomic E-state index is 0.138. The third kappa shape index (κ3) is 4.92. The molecule has 1 amide bonds. The molecule has 4 aromatic rings. The maximum atomic E-state index is 14.6. The van der Waals surface area contributed by atoms with Gasteiger partial charge < -0.3 is 10.4 Å². The normalized spacial score (nSPS) is 14.0. The molecule has 0 saturated carbocycles. The number of aliphatic hydroxyl groups is 1. The highest BCUT2D eigenvalue weighted by atomic mass is 35.5. The number of halogens is 3. The monoisotopic (exact) mass is 489 g/mol. The van der Waals surface area contributed by atoms with Crippen molar-refractivity contribution in [3.63, 3.8) is 0 Å². The standard InChI is InChI=1S/C22H18ClF2N5O2S/c1-13(28-20(31)19-9-33-21(29-19)14-2-4-15(23)5-3-14)22(32,10-30-12-26-11-27-30)17-7-6-16(24)8-18(17)25/h2-9,11-13,32H,10H2,1H3,(H,28,31).